The van der Waals surface area contributed by atoms with Crippen LogP contribution < -0.4 is 5.32 Å². The maximum atomic E-state index is 4.39. The Morgan fingerprint density at radius 3 is 3.00 bits per heavy atom. The van der Waals surface area contributed by atoms with Gasteiger partial charge in [0, 0.05) is 30.2 Å². The molecule has 92 valence electrons. The van der Waals surface area contributed by atoms with Crippen molar-refractivity contribution in [2.75, 3.05) is 20.1 Å². The molecule has 1 aromatic heterocycles. The highest BCUT2D eigenvalue weighted by Crippen LogP contribution is 2.17. The summed E-state index contributed by atoms with van der Waals surface area (Å²) in [5.41, 5.74) is 0. The summed E-state index contributed by atoms with van der Waals surface area (Å²) < 4.78 is 0. The van der Waals surface area contributed by atoms with Crippen LogP contribution in [-0.2, 0) is 13.0 Å². The van der Waals surface area contributed by atoms with E-state index in [9.17, 15) is 0 Å². The molecule has 16 heavy (non-hydrogen) atoms. The zero-order chi connectivity index (χ0) is 10.7. The first-order valence-corrected chi connectivity index (χ1v) is 6.45. The van der Waals surface area contributed by atoms with Crippen molar-refractivity contribution in [3.63, 3.8) is 0 Å². The van der Waals surface area contributed by atoms with E-state index in [1.807, 2.05) is 17.5 Å². The molecule has 0 spiro atoms. The van der Waals surface area contributed by atoms with Gasteiger partial charge in [0.1, 0.15) is 0 Å². The number of aromatic nitrogens is 1. The molecule has 1 aliphatic rings. The molecule has 0 saturated carbocycles. The van der Waals surface area contributed by atoms with E-state index >= 15 is 0 Å². The Morgan fingerprint density at radius 1 is 1.62 bits per heavy atom. The number of aryl methyl sites for hydroxylation is 1. The minimum absolute atomic E-state index is 0. The molecule has 0 bridgehead atoms. The van der Waals surface area contributed by atoms with Gasteiger partial charge in [-0.15, -0.1) is 23.7 Å². The fourth-order valence-electron chi connectivity index (χ4n) is 1.98. The molecular formula is C11H20ClN3S. The molecule has 0 radical (unpaired) electrons. The van der Waals surface area contributed by atoms with Crippen molar-refractivity contribution < 1.29 is 0 Å². The highest BCUT2D eigenvalue weighted by molar-refractivity contribution is 7.11. The molecule has 1 atom stereocenters. The van der Waals surface area contributed by atoms with Crippen LogP contribution in [0.2, 0.25) is 0 Å². The molecule has 1 fully saturated rings. The molecule has 1 unspecified atom stereocenters. The van der Waals surface area contributed by atoms with Crippen LogP contribution in [0, 0.1) is 0 Å². The Bertz CT molecular complexity index is 310. The molecule has 2 rings (SSSR count). The normalized spacial score (nSPS) is 20.1. The first kappa shape index (κ1) is 13.9. The zero-order valence-corrected chi connectivity index (χ0v) is 11.5. The number of rotatable bonds is 4. The molecule has 0 aliphatic carbocycles. The second-order valence-corrected chi connectivity index (χ2v) is 5.34. The zero-order valence-electron chi connectivity index (χ0n) is 9.90. The van der Waals surface area contributed by atoms with Crippen LogP contribution in [0.25, 0.3) is 0 Å². The fourth-order valence-corrected chi connectivity index (χ4v) is 2.90. The Morgan fingerprint density at radius 2 is 2.44 bits per heavy atom. The molecule has 0 amide bonds. The lowest BCUT2D eigenvalue weighted by atomic mass is 10.2. The number of hydrogen-bond donors (Lipinski definition) is 1. The van der Waals surface area contributed by atoms with Gasteiger partial charge in [0.25, 0.3) is 0 Å². The summed E-state index contributed by atoms with van der Waals surface area (Å²) in [4.78, 5) is 8.22. The van der Waals surface area contributed by atoms with Crippen molar-refractivity contribution in [3.05, 3.63) is 16.1 Å². The van der Waals surface area contributed by atoms with Crippen LogP contribution in [0.15, 0.2) is 6.20 Å². The van der Waals surface area contributed by atoms with E-state index in [-0.39, 0.29) is 12.4 Å². The Hall–Kier alpha value is -0.160. The molecule has 1 aromatic rings. The van der Waals surface area contributed by atoms with Crippen molar-refractivity contribution in [3.8, 4) is 0 Å². The second-order valence-electron chi connectivity index (χ2n) is 4.14. The summed E-state index contributed by atoms with van der Waals surface area (Å²) in [6, 6.07) is 0.706. The number of hydrogen-bond acceptors (Lipinski definition) is 4. The Balaban J connectivity index is 0.00000128. The van der Waals surface area contributed by atoms with E-state index in [0.717, 1.165) is 26.1 Å². The number of nitrogens with one attached hydrogen (secondary N) is 1. The smallest absolute Gasteiger partial charge is 0.0925 e. The summed E-state index contributed by atoms with van der Waals surface area (Å²) >= 11 is 1.85. The van der Waals surface area contributed by atoms with E-state index in [0.29, 0.717) is 6.04 Å². The van der Waals surface area contributed by atoms with Gasteiger partial charge in [-0.3, -0.25) is 4.90 Å². The van der Waals surface area contributed by atoms with E-state index in [1.54, 1.807) is 0 Å². The third-order valence-electron chi connectivity index (χ3n) is 2.97. The molecule has 0 aromatic carbocycles. The van der Waals surface area contributed by atoms with E-state index in [1.165, 1.54) is 16.3 Å². The first-order chi connectivity index (χ1) is 7.29. The summed E-state index contributed by atoms with van der Waals surface area (Å²) in [7, 11) is 2.21. The molecule has 3 nitrogen and oxygen atoms in total. The Labute approximate surface area is 108 Å². The lowest BCUT2D eigenvalue weighted by molar-refractivity contribution is 0.251. The summed E-state index contributed by atoms with van der Waals surface area (Å²) in [5, 5.41) is 4.65. The van der Waals surface area contributed by atoms with E-state index in [4.69, 9.17) is 0 Å². The van der Waals surface area contributed by atoms with Crippen molar-refractivity contribution in [1.29, 1.82) is 0 Å². The first-order valence-electron chi connectivity index (χ1n) is 5.64. The SMILES string of the molecule is CCc1ncc(CN(C)C2CCNC2)s1.Cl. The number of nitrogens with zero attached hydrogens (tertiary/aromatic N) is 2. The van der Waals surface area contributed by atoms with Crippen LogP contribution in [0.1, 0.15) is 23.2 Å². The van der Waals surface area contributed by atoms with Gasteiger partial charge < -0.3 is 5.32 Å². The largest absolute Gasteiger partial charge is 0.315 e. The van der Waals surface area contributed by atoms with Crippen LogP contribution in [0.3, 0.4) is 0 Å². The third-order valence-corrected chi connectivity index (χ3v) is 4.09. The average molecular weight is 262 g/mol. The number of thiazole rings is 1. The molecule has 2 heterocycles. The van der Waals surface area contributed by atoms with Gasteiger partial charge in [-0.05, 0) is 26.4 Å². The molecule has 1 saturated heterocycles. The van der Waals surface area contributed by atoms with Gasteiger partial charge in [-0.2, -0.15) is 0 Å². The topological polar surface area (TPSA) is 28.2 Å². The molecule has 1 N–H and O–H groups in total. The quantitative estimate of drug-likeness (QED) is 0.898. The highest BCUT2D eigenvalue weighted by atomic mass is 35.5. The van der Waals surface area contributed by atoms with Gasteiger partial charge in [-0.25, -0.2) is 4.98 Å². The van der Waals surface area contributed by atoms with Crippen LogP contribution in [0.4, 0.5) is 0 Å². The van der Waals surface area contributed by atoms with Gasteiger partial charge in [0.2, 0.25) is 0 Å². The van der Waals surface area contributed by atoms with Crippen LogP contribution in [0.5, 0.6) is 0 Å². The highest BCUT2D eigenvalue weighted by Gasteiger charge is 2.19. The van der Waals surface area contributed by atoms with Gasteiger partial charge >= 0.3 is 0 Å². The third kappa shape index (κ3) is 3.42. The minimum atomic E-state index is 0. The van der Waals surface area contributed by atoms with Crippen molar-refractivity contribution >= 4 is 23.7 Å². The molecule has 1 aliphatic heterocycles. The number of likely N-dealkylation sites (N-methyl/N-ethyl adjacent to an activating group) is 1. The Kier molecular flexibility index (Phi) is 5.69. The lowest BCUT2D eigenvalue weighted by Crippen LogP contribution is -2.32. The maximum Gasteiger partial charge on any atom is 0.0925 e. The maximum absolute atomic E-state index is 4.39. The van der Waals surface area contributed by atoms with Crippen LogP contribution >= 0.6 is 23.7 Å². The lowest BCUT2D eigenvalue weighted by Gasteiger charge is -2.22. The molecule has 5 heteroatoms. The van der Waals surface area contributed by atoms with Gasteiger partial charge in [0.05, 0.1) is 5.01 Å². The summed E-state index contributed by atoms with van der Waals surface area (Å²) in [6.07, 6.45) is 4.36. The van der Waals surface area contributed by atoms with Crippen molar-refractivity contribution in [2.45, 2.75) is 32.4 Å². The average Bonchev–Trinajstić information content (AvgIpc) is 2.87. The molecular weight excluding hydrogens is 242 g/mol. The summed E-state index contributed by atoms with van der Waals surface area (Å²) in [5.74, 6) is 0. The van der Waals surface area contributed by atoms with Crippen LogP contribution in [-0.4, -0.2) is 36.1 Å². The monoisotopic (exact) mass is 261 g/mol. The van der Waals surface area contributed by atoms with Gasteiger partial charge in [-0.1, -0.05) is 6.92 Å². The summed E-state index contributed by atoms with van der Waals surface area (Å²) in [6.45, 7) is 5.51. The van der Waals surface area contributed by atoms with Crippen molar-refractivity contribution in [2.24, 2.45) is 0 Å². The fraction of sp³-hybridized carbons (Fsp3) is 0.727. The predicted octanol–water partition coefficient (Wildman–Crippen LogP) is 1.92. The number of halogens is 1. The van der Waals surface area contributed by atoms with Crippen molar-refractivity contribution in [1.82, 2.24) is 15.2 Å². The minimum Gasteiger partial charge on any atom is -0.315 e. The van der Waals surface area contributed by atoms with Gasteiger partial charge in [0.15, 0.2) is 0 Å². The predicted molar refractivity (Wildman–Crippen MR) is 71.5 cm³/mol. The van der Waals surface area contributed by atoms with E-state index < -0.39 is 0 Å². The second kappa shape index (κ2) is 6.55. The standard InChI is InChI=1S/C11H19N3S.ClH/c1-3-11-13-7-10(15-11)8-14(2)9-4-5-12-6-9;/h7,9,12H,3-6,8H2,1-2H3;1H. The van der Waals surface area contributed by atoms with E-state index in [2.05, 4.69) is 29.2 Å².